The summed E-state index contributed by atoms with van der Waals surface area (Å²) in [5.41, 5.74) is 0.449. The summed E-state index contributed by atoms with van der Waals surface area (Å²) in [4.78, 5) is 30.8. The largest absolute Gasteiger partial charge is 0.495 e. The number of rotatable bonds is 4. The maximum Gasteiger partial charge on any atom is 0.416 e. The Hall–Kier alpha value is -3.23. The summed E-state index contributed by atoms with van der Waals surface area (Å²) in [6.45, 7) is 1.95. The van der Waals surface area contributed by atoms with Crippen LogP contribution in [-0.4, -0.2) is 56.5 Å². The van der Waals surface area contributed by atoms with Gasteiger partial charge in [-0.15, -0.1) is 0 Å². The van der Waals surface area contributed by atoms with Crippen molar-refractivity contribution in [2.45, 2.75) is 12.6 Å². The number of methoxy groups -OCH3 is 1. The zero-order valence-electron chi connectivity index (χ0n) is 17.6. The maximum atomic E-state index is 13.1. The summed E-state index contributed by atoms with van der Waals surface area (Å²) >= 11 is 0. The van der Waals surface area contributed by atoms with Crippen molar-refractivity contribution < 1.29 is 27.5 Å². The van der Waals surface area contributed by atoms with Crippen LogP contribution < -0.4 is 14.5 Å². The van der Waals surface area contributed by atoms with Crippen LogP contribution >= 0.6 is 0 Å². The molecule has 0 saturated carbocycles. The maximum absolute atomic E-state index is 13.1. The smallest absolute Gasteiger partial charge is 0.416 e. The summed E-state index contributed by atoms with van der Waals surface area (Å²) in [5.74, 6) is -0.105. The molecule has 1 unspecified atom stereocenters. The number of carbonyl (C=O) groups is 2. The zero-order chi connectivity index (χ0) is 22.9. The fraction of sp³-hybridized carbons (Fsp3) is 0.391. The fourth-order valence-corrected chi connectivity index (χ4v) is 4.28. The highest BCUT2D eigenvalue weighted by Crippen LogP contribution is 2.34. The Morgan fingerprint density at radius 1 is 1.03 bits per heavy atom. The van der Waals surface area contributed by atoms with E-state index in [1.807, 2.05) is 17.0 Å². The summed E-state index contributed by atoms with van der Waals surface area (Å²) in [6.07, 6.45) is -4.26. The van der Waals surface area contributed by atoms with Crippen molar-refractivity contribution in [1.29, 1.82) is 0 Å². The van der Waals surface area contributed by atoms with Gasteiger partial charge in [-0.05, 0) is 30.3 Å². The first-order valence-electron chi connectivity index (χ1n) is 10.4. The van der Waals surface area contributed by atoms with Gasteiger partial charge in [0.2, 0.25) is 11.8 Å². The topological polar surface area (TPSA) is 53.1 Å². The van der Waals surface area contributed by atoms with E-state index in [0.29, 0.717) is 43.3 Å². The van der Waals surface area contributed by atoms with Gasteiger partial charge in [0, 0.05) is 44.8 Å². The highest BCUT2D eigenvalue weighted by molar-refractivity contribution is 6.01. The monoisotopic (exact) mass is 447 g/mol. The number of alkyl halides is 3. The minimum absolute atomic E-state index is 0.0977. The van der Waals surface area contributed by atoms with E-state index >= 15 is 0 Å². The molecular formula is C23H24F3N3O3. The average Bonchev–Trinajstić information content (AvgIpc) is 3.19. The third-order valence-electron chi connectivity index (χ3n) is 5.98. The van der Waals surface area contributed by atoms with Crippen LogP contribution in [0.4, 0.5) is 24.5 Å². The molecule has 2 aromatic carbocycles. The van der Waals surface area contributed by atoms with Crippen LogP contribution in [0.2, 0.25) is 0 Å². The van der Waals surface area contributed by atoms with Crippen molar-refractivity contribution in [3.05, 3.63) is 54.1 Å². The van der Waals surface area contributed by atoms with Crippen LogP contribution in [0.1, 0.15) is 12.0 Å². The molecule has 2 aliphatic heterocycles. The molecule has 0 aromatic heterocycles. The Balaban J connectivity index is 1.38. The van der Waals surface area contributed by atoms with Gasteiger partial charge in [0.25, 0.3) is 0 Å². The number of para-hydroxylation sites is 2. The van der Waals surface area contributed by atoms with Crippen molar-refractivity contribution in [2.75, 3.05) is 49.6 Å². The molecule has 32 heavy (non-hydrogen) atoms. The molecule has 170 valence electrons. The van der Waals surface area contributed by atoms with Crippen molar-refractivity contribution >= 4 is 23.2 Å². The predicted octanol–water partition coefficient (Wildman–Crippen LogP) is 3.42. The number of ether oxygens (including phenoxy) is 1. The molecule has 2 fully saturated rings. The second-order valence-corrected chi connectivity index (χ2v) is 7.94. The number of nitrogens with zero attached hydrogens (tertiary/aromatic N) is 3. The minimum atomic E-state index is -4.39. The van der Waals surface area contributed by atoms with E-state index in [9.17, 15) is 22.8 Å². The zero-order valence-corrected chi connectivity index (χ0v) is 17.6. The molecule has 2 aliphatic rings. The molecule has 1 atom stereocenters. The van der Waals surface area contributed by atoms with Crippen molar-refractivity contribution in [2.24, 2.45) is 5.92 Å². The second-order valence-electron chi connectivity index (χ2n) is 7.94. The lowest BCUT2D eigenvalue weighted by Gasteiger charge is -2.37. The molecule has 6 nitrogen and oxygen atoms in total. The van der Waals surface area contributed by atoms with Crippen molar-refractivity contribution in [3.8, 4) is 5.75 Å². The number of benzene rings is 2. The molecule has 4 rings (SSSR count). The van der Waals surface area contributed by atoms with E-state index in [1.54, 1.807) is 28.0 Å². The SMILES string of the molecule is COc1ccccc1N1CC(C(=O)N2CCN(c3cccc(C(F)(F)F)c3)CC2)CC1=O. The van der Waals surface area contributed by atoms with Gasteiger partial charge in [-0.1, -0.05) is 18.2 Å². The summed E-state index contributed by atoms with van der Waals surface area (Å²) in [7, 11) is 1.53. The molecule has 9 heteroatoms. The normalized spacial score (nSPS) is 19.4. The van der Waals surface area contributed by atoms with Crippen LogP contribution in [0.5, 0.6) is 5.75 Å². The fourth-order valence-electron chi connectivity index (χ4n) is 4.28. The van der Waals surface area contributed by atoms with E-state index in [4.69, 9.17) is 4.74 Å². The lowest BCUT2D eigenvalue weighted by Crippen LogP contribution is -2.50. The lowest BCUT2D eigenvalue weighted by molar-refractivity contribution is -0.137. The number of piperazine rings is 1. The van der Waals surface area contributed by atoms with Crippen LogP contribution in [0.3, 0.4) is 0 Å². The first kappa shape index (κ1) is 22.0. The number of hydrogen-bond acceptors (Lipinski definition) is 4. The molecule has 0 N–H and O–H groups in total. The Bertz CT molecular complexity index is 1000. The van der Waals surface area contributed by atoms with E-state index in [2.05, 4.69) is 0 Å². The van der Waals surface area contributed by atoms with Crippen molar-refractivity contribution in [1.82, 2.24) is 4.90 Å². The van der Waals surface area contributed by atoms with Gasteiger partial charge in [0.05, 0.1) is 24.3 Å². The molecule has 2 heterocycles. The Morgan fingerprint density at radius 3 is 2.44 bits per heavy atom. The lowest BCUT2D eigenvalue weighted by atomic mass is 10.1. The van der Waals surface area contributed by atoms with E-state index in [1.165, 1.54) is 13.2 Å². The van der Waals surface area contributed by atoms with Crippen LogP contribution in [0.25, 0.3) is 0 Å². The van der Waals surface area contributed by atoms with Crippen molar-refractivity contribution in [3.63, 3.8) is 0 Å². The molecular weight excluding hydrogens is 423 g/mol. The van der Waals surface area contributed by atoms with Gasteiger partial charge in [-0.2, -0.15) is 13.2 Å². The first-order valence-corrected chi connectivity index (χ1v) is 10.4. The Kier molecular flexibility index (Phi) is 5.99. The van der Waals surface area contributed by atoms with Gasteiger partial charge >= 0.3 is 6.18 Å². The number of halogens is 3. The van der Waals surface area contributed by atoms with Gasteiger partial charge < -0.3 is 19.4 Å². The average molecular weight is 447 g/mol. The van der Waals surface area contributed by atoms with Gasteiger partial charge in [-0.3, -0.25) is 9.59 Å². The van der Waals surface area contributed by atoms with Crippen LogP contribution in [0, 0.1) is 5.92 Å². The summed E-state index contributed by atoms with van der Waals surface area (Å²) in [5, 5.41) is 0. The van der Waals surface area contributed by atoms with E-state index in [-0.39, 0.29) is 24.8 Å². The predicted molar refractivity (Wildman–Crippen MR) is 114 cm³/mol. The molecule has 2 aromatic rings. The molecule has 2 amide bonds. The third-order valence-corrected chi connectivity index (χ3v) is 5.98. The third kappa shape index (κ3) is 4.37. The number of carbonyl (C=O) groups excluding carboxylic acids is 2. The highest BCUT2D eigenvalue weighted by atomic mass is 19.4. The molecule has 0 bridgehead atoms. The second kappa shape index (κ2) is 8.72. The van der Waals surface area contributed by atoms with Gasteiger partial charge in [0.15, 0.2) is 0 Å². The van der Waals surface area contributed by atoms with Crippen LogP contribution in [0.15, 0.2) is 48.5 Å². The summed E-state index contributed by atoms with van der Waals surface area (Å²) in [6, 6.07) is 12.4. The first-order chi connectivity index (χ1) is 15.3. The Labute approximate surface area is 184 Å². The quantitative estimate of drug-likeness (QED) is 0.721. The minimum Gasteiger partial charge on any atom is -0.495 e. The molecule has 0 spiro atoms. The number of amides is 2. The van der Waals surface area contributed by atoms with Gasteiger partial charge in [-0.25, -0.2) is 0 Å². The molecule has 0 aliphatic carbocycles. The number of hydrogen-bond donors (Lipinski definition) is 0. The van der Waals surface area contributed by atoms with Crippen LogP contribution in [-0.2, 0) is 15.8 Å². The van der Waals surface area contributed by atoms with E-state index in [0.717, 1.165) is 12.1 Å². The summed E-state index contributed by atoms with van der Waals surface area (Å²) < 4.78 is 44.3. The molecule has 0 radical (unpaired) electrons. The van der Waals surface area contributed by atoms with E-state index < -0.39 is 17.7 Å². The van der Waals surface area contributed by atoms with Gasteiger partial charge in [0.1, 0.15) is 5.75 Å². The number of anilines is 2. The Morgan fingerprint density at radius 2 is 1.75 bits per heavy atom. The highest BCUT2D eigenvalue weighted by Gasteiger charge is 2.39. The molecule has 2 saturated heterocycles. The standard InChI is InChI=1S/C23H24F3N3O3/c1-32-20-8-3-2-7-19(20)29-15-16(13-21(29)30)22(31)28-11-9-27(10-12-28)18-6-4-5-17(14-18)23(24,25)26/h2-8,14,16H,9-13,15H2,1H3.